The molecule has 1 aromatic carbocycles. The van der Waals surface area contributed by atoms with Crippen LogP contribution in [0.3, 0.4) is 0 Å². The van der Waals surface area contributed by atoms with E-state index < -0.39 is 6.04 Å². The van der Waals surface area contributed by atoms with E-state index in [2.05, 4.69) is 15.6 Å². The molecule has 0 saturated carbocycles. The third-order valence-corrected chi connectivity index (χ3v) is 4.25. The van der Waals surface area contributed by atoms with Gasteiger partial charge in [-0.15, -0.1) is 0 Å². The van der Waals surface area contributed by atoms with Crippen molar-refractivity contribution >= 4 is 17.6 Å². The summed E-state index contributed by atoms with van der Waals surface area (Å²) < 4.78 is 0. The minimum atomic E-state index is -0.478. The molecule has 6 heteroatoms. The molecule has 1 unspecified atom stereocenters. The summed E-state index contributed by atoms with van der Waals surface area (Å²) in [7, 11) is 0. The molecule has 0 aliphatic carbocycles. The van der Waals surface area contributed by atoms with Crippen LogP contribution in [0, 0.1) is 13.8 Å². The number of nitrogens with one attached hydrogen (secondary N) is 2. The number of hydrogen-bond acceptors (Lipinski definition) is 3. The van der Waals surface area contributed by atoms with Crippen molar-refractivity contribution in [1.29, 1.82) is 0 Å². The lowest BCUT2D eigenvalue weighted by Gasteiger charge is -2.17. The van der Waals surface area contributed by atoms with Crippen molar-refractivity contribution in [3.63, 3.8) is 0 Å². The van der Waals surface area contributed by atoms with Gasteiger partial charge in [-0.1, -0.05) is 29.8 Å². The van der Waals surface area contributed by atoms with E-state index in [1.807, 2.05) is 38.1 Å². The Balaban J connectivity index is 1.54. The SMILES string of the molecule is Cc1ccc(CN2CCC(NC(=O)Nc3ccnc(C)c3)C2=O)cc1. The second kappa shape index (κ2) is 7.34. The summed E-state index contributed by atoms with van der Waals surface area (Å²) in [6.07, 6.45) is 2.25. The van der Waals surface area contributed by atoms with Crippen molar-refractivity contribution in [3.8, 4) is 0 Å². The quantitative estimate of drug-likeness (QED) is 0.900. The first-order valence-corrected chi connectivity index (χ1v) is 8.36. The van der Waals surface area contributed by atoms with E-state index in [4.69, 9.17) is 0 Å². The standard InChI is InChI=1S/C19H22N4O2/c1-13-3-5-15(6-4-13)12-23-10-8-17(18(23)24)22-19(25)21-16-7-9-20-14(2)11-16/h3-7,9,11,17H,8,10,12H2,1-2H3,(H2,20,21,22,25). The smallest absolute Gasteiger partial charge is 0.319 e. The van der Waals surface area contributed by atoms with Crippen LogP contribution in [0.1, 0.15) is 23.2 Å². The Hall–Kier alpha value is -2.89. The van der Waals surface area contributed by atoms with Crippen LogP contribution in [-0.2, 0) is 11.3 Å². The Morgan fingerprint density at radius 2 is 2.00 bits per heavy atom. The largest absolute Gasteiger partial charge is 0.336 e. The molecule has 1 aromatic heterocycles. The van der Waals surface area contributed by atoms with Crippen molar-refractivity contribution in [2.24, 2.45) is 0 Å². The summed E-state index contributed by atoms with van der Waals surface area (Å²) in [4.78, 5) is 30.5. The van der Waals surface area contributed by atoms with Crippen molar-refractivity contribution < 1.29 is 9.59 Å². The highest BCUT2D eigenvalue weighted by molar-refractivity contribution is 5.94. The van der Waals surface area contributed by atoms with Crippen LogP contribution in [0.2, 0.25) is 0 Å². The van der Waals surface area contributed by atoms with Gasteiger partial charge in [0.2, 0.25) is 5.91 Å². The molecule has 3 rings (SSSR count). The predicted molar refractivity (Wildman–Crippen MR) is 96.1 cm³/mol. The molecule has 2 N–H and O–H groups in total. The molecule has 0 spiro atoms. The van der Waals surface area contributed by atoms with E-state index in [-0.39, 0.29) is 11.9 Å². The van der Waals surface area contributed by atoms with Crippen LogP contribution in [0.4, 0.5) is 10.5 Å². The van der Waals surface area contributed by atoms with Gasteiger partial charge < -0.3 is 15.5 Å². The van der Waals surface area contributed by atoms with Crippen LogP contribution >= 0.6 is 0 Å². The molecule has 130 valence electrons. The Kier molecular flexibility index (Phi) is 4.97. The van der Waals surface area contributed by atoms with Crippen molar-refractivity contribution in [1.82, 2.24) is 15.2 Å². The van der Waals surface area contributed by atoms with Gasteiger partial charge in [0, 0.05) is 30.7 Å². The van der Waals surface area contributed by atoms with Gasteiger partial charge in [-0.05, 0) is 38.0 Å². The number of anilines is 1. The summed E-state index contributed by atoms with van der Waals surface area (Å²) in [6.45, 7) is 5.11. The molecule has 6 nitrogen and oxygen atoms in total. The highest BCUT2D eigenvalue weighted by atomic mass is 16.2. The molecule has 1 saturated heterocycles. The Bertz CT molecular complexity index is 773. The Labute approximate surface area is 147 Å². The van der Waals surface area contributed by atoms with Gasteiger partial charge in [0.1, 0.15) is 6.04 Å². The number of rotatable bonds is 4. The van der Waals surface area contributed by atoms with E-state index in [9.17, 15) is 9.59 Å². The maximum absolute atomic E-state index is 12.5. The van der Waals surface area contributed by atoms with Crippen LogP contribution in [0.5, 0.6) is 0 Å². The van der Waals surface area contributed by atoms with Crippen molar-refractivity contribution in [2.45, 2.75) is 32.9 Å². The highest BCUT2D eigenvalue weighted by Gasteiger charge is 2.32. The molecule has 3 amide bonds. The number of benzene rings is 1. The van der Waals surface area contributed by atoms with Gasteiger partial charge in [-0.3, -0.25) is 9.78 Å². The molecule has 1 atom stereocenters. The first-order chi connectivity index (χ1) is 12.0. The minimum Gasteiger partial charge on any atom is -0.336 e. The maximum Gasteiger partial charge on any atom is 0.319 e. The zero-order valence-corrected chi connectivity index (χ0v) is 14.5. The van der Waals surface area contributed by atoms with Crippen LogP contribution < -0.4 is 10.6 Å². The van der Waals surface area contributed by atoms with Gasteiger partial charge in [0.15, 0.2) is 0 Å². The molecular formula is C19H22N4O2. The average molecular weight is 338 g/mol. The van der Waals surface area contributed by atoms with Gasteiger partial charge in [0.25, 0.3) is 0 Å². The van der Waals surface area contributed by atoms with Crippen LogP contribution in [0.15, 0.2) is 42.6 Å². The molecule has 0 radical (unpaired) electrons. The molecule has 25 heavy (non-hydrogen) atoms. The van der Waals surface area contributed by atoms with E-state index in [1.165, 1.54) is 5.56 Å². The zero-order chi connectivity index (χ0) is 17.8. The Morgan fingerprint density at radius 1 is 1.24 bits per heavy atom. The third kappa shape index (κ3) is 4.35. The number of aromatic nitrogens is 1. The number of amides is 3. The number of likely N-dealkylation sites (tertiary alicyclic amines) is 1. The molecule has 2 heterocycles. The number of hydrogen-bond donors (Lipinski definition) is 2. The molecule has 1 aliphatic rings. The summed E-state index contributed by atoms with van der Waals surface area (Å²) in [5.74, 6) is -0.0402. The molecule has 1 aliphatic heterocycles. The van der Waals surface area contributed by atoms with Crippen molar-refractivity contribution in [3.05, 3.63) is 59.4 Å². The predicted octanol–water partition coefficient (Wildman–Crippen LogP) is 2.62. The average Bonchev–Trinajstić information content (AvgIpc) is 2.90. The molecule has 1 fully saturated rings. The van der Waals surface area contributed by atoms with Gasteiger partial charge in [0.05, 0.1) is 0 Å². The number of urea groups is 1. The van der Waals surface area contributed by atoms with E-state index in [0.717, 1.165) is 11.3 Å². The first-order valence-electron chi connectivity index (χ1n) is 8.36. The van der Waals surface area contributed by atoms with Gasteiger partial charge >= 0.3 is 6.03 Å². The highest BCUT2D eigenvalue weighted by Crippen LogP contribution is 2.16. The zero-order valence-electron chi connectivity index (χ0n) is 14.5. The fourth-order valence-electron chi connectivity index (χ4n) is 2.89. The normalized spacial score (nSPS) is 16.8. The topological polar surface area (TPSA) is 74.3 Å². The number of aryl methyl sites for hydroxylation is 2. The fourth-order valence-corrected chi connectivity index (χ4v) is 2.89. The second-order valence-corrected chi connectivity index (χ2v) is 6.37. The monoisotopic (exact) mass is 338 g/mol. The Morgan fingerprint density at radius 3 is 2.72 bits per heavy atom. The fraction of sp³-hybridized carbons (Fsp3) is 0.316. The van der Waals surface area contributed by atoms with E-state index in [0.29, 0.717) is 25.2 Å². The summed E-state index contributed by atoms with van der Waals surface area (Å²) >= 11 is 0. The molecular weight excluding hydrogens is 316 g/mol. The van der Waals surface area contributed by atoms with Gasteiger partial charge in [-0.25, -0.2) is 4.79 Å². The summed E-state index contributed by atoms with van der Waals surface area (Å²) in [6, 6.07) is 10.8. The number of carbonyl (C=O) groups excluding carboxylic acids is 2. The third-order valence-electron chi connectivity index (χ3n) is 4.25. The molecule has 0 bridgehead atoms. The van der Waals surface area contributed by atoms with E-state index >= 15 is 0 Å². The van der Waals surface area contributed by atoms with Crippen LogP contribution in [0.25, 0.3) is 0 Å². The number of pyridine rings is 1. The summed E-state index contributed by atoms with van der Waals surface area (Å²) in [5, 5.41) is 5.50. The van der Waals surface area contributed by atoms with Gasteiger partial charge in [-0.2, -0.15) is 0 Å². The van der Waals surface area contributed by atoms with E-state index in [1.54, 1.807) is 23.2 Å². The number of nitrogens with zero attached hydrogens (tertiary/aromatic N) is 2. The summed E-state index contributed by atoms with van der Waals surface area (Å²) in [5.41, 5.74) is 3.77. The second-order valence-electron chi connectivity index (χ2n) is 6.37. The number of carbonyl (C=O) groups is 2. The lowest BCUT2D eigenvalue weighted by Crippen LogP contribution is -2.43. The minimum absolute atomic E-state index is 0.0402. The lowest BCUT2D eigenvalue weighted by molar-refractivity contribution is -0.129. The molecule has 2 aromatic rings. The maximum atomic E-state index is 12.5. The lowest BCUT2D eigenvalue weighted by atomic mass is 10.1. The first kappa shape index (κ1) is 17.0. The van der Waals surface area contributed by atoms with Crippen LogP contribution in [-0.4, -0.2) is 34.4 Å². The van der Waals surface area contributed by atoms with Crippen molar-refractivity contribution in [2.75, 3.05) is 11.9 Å².